The van der Waals surface area contributed by atoms with Gasteiger partial charge in [-0.2, -0.15) is 0 Å². The number of amides is 2. The van der Waals surface area contributed by atoms with Crippen molar-refractivity contribution in [2.24, 2.45) is 17.8 Å². The molecule has 0 aliphatic carbocycles. The number of halogens is 1. The number of hydrogen-bond acceptors (Lipinski definition) is 6. The van der Waals surface area contributed by atoms with Gasteiger partial charge in [0, 0.05) is 16.6 Å². The van der Waals surface area contributed by atoms with Crippen molar-refractivity contribution in [3.8, 4) is 11.5 Å². The van der Waals surface area contributed by atoms with Gasteiger partial charge in [0.2, 0.25) is 11.8 Å². The monoisotopic (exact) mass is 486 g/mol. The summed E-state index contributed by atoms with van der Waals surface area (Å²) in [5.41, 5.74) is -0.344. The highest BCUT2D eigenvalue weighted by Crippen LogP contribution is 2.54. The van der Waals surface area contributed by atoms with Crippen LogP contribution in [0.2, 0.25) is 5.02 Å². The fourth-order valence-electron chi connectivity index (χ4n) is 5.32. The highest BCUT2D eigenvalue weighted by molar-refractivity contribution is 6.32. The Labute approximate surface area is 202 Å². The molecule has 2 saturated heterocycles. The van der Waals surface area contributed by atoms with E-state index in [4.69, 9.17) is 16.3 Å². The zero-order valence-electron chi connectivity index (χ0n) is 19.3. The highest BCUT2D eigenvalue weighted by atomic mass is 35.5. The molecule has 0 aromatic heterocycles. The van der Waals surface area contributed by atoms with Gasteiger partial charge in [-0.1, -0.05) is 50.1 Å². The first-order chi connectivity index (χ1) is 16.1. The molecule has 2 aliphatic rings. The van der Waals surface area contributed by atoms with Crippen LogP contribution in [-0.4, -0.2) is 40.6 Å². The van der Waals surface area contributed by atoms with Crippen molar-refractivity contribution in [1.82, 2.24) is 5.32 Å². The van der Waals surface area contributed by atoms with E-state index in [-0.39, 0.29) is 17.2 Å². The van der Waals surface area contributed by atoms with Crippen LogP contribution in [0.25, 0.3) is 0 Å². The second-order valence-electron chi connectivity index (χ2n) is 8.95. The van der Waals surface area contributed by atoms with Crippen LogP contribution >= 0.6 is 11.6 Å². The molecule has 0 saturated carbocycles. The molecule has 2 heterocycles. The van der Waals surface area contributed by atoms with E-state index in [0.717, 1.165) is 10.5 Å². The van der Waals surface area contributed by atoms with E-state index >= 15 is 0 Å². The minimum atomic E-state index is -1.71. The molecule has 5 atom stereocenters. The highest BCUT2D eigenvalue weighted by Gasteiger charge is 2.70. The molecule has 2 fully saturated rings. The van der Waals surface area contributed by atoms with Crippen molar-refractivity contribution in [3.05, 3.63) is 52.5 Å². The number of aromatic hydroxyl groups is 1. The van der Waals surface area contributed by atoms with Crippen molar-refractivity contribution >= 4 is 35.1 Å². The number of methoxy groups -OCH3 is 1. The molecule has 2 aromatic rings. The molecule has 9 heteroatoms. The van der Waals surface area contributed by atoms with Crippen LogP contribution in [-0.2, 0) is 14.4 Å². The molecule has 0 bridgehead atoms. The van der Waals surface area contributed by atoms with Gasteiger partial charge in [-0.15, -0.1) is 0 Å². The molecule has 8 nitrogen and oxygen atoms in total. The SMILES string of the molecule is CCC(C)C1(C(=O)O)NC(c2cccc(OC)c2O)C2C(=O)N(c3ccc(C)c(Cl)c3)C(=O)C21. The summed E-state index contributed by atoms with van der Waals surface area (Å²) in [6.45, 7) is 5.38. The molecular weight excluding hydrogens is 460 g/mol. The smallest absolute Gasteiger partial charge is 0.325 e. The quantitative estimate of drug-likeness (QED) is 0.533. The first-order valence-electron chi connectivity index (χ1n) is 11.1. The number of rotatable bonds is 6. The third-order valence-corrected chi connectivity index (χ3v) is 7.74. The van der Waals surface area contributed by atoms with Gasteiger partial charge < -0.3 is 14.9 Å². The molecule has 5 unspecified atom stereocenters. The number of imide groups is 1. The normalized spacial score (nSPS) is 27.1. The van der Waals surface area contributed by atoms with Crippen molar-refractivity contribution < 1.29 is 29.3 Å². The number of nitrogens with one attached hydrogen (secondary N) is 1. The van der Waals surface area contributed by atoms with Crippen LogP contribution in [0, 0.1) is 24.7 Å². The van der Waals surface area contributed by atoms with Crippen LogP contribution < -0.4 is 15.0 Å². The maximum Gasteiger partial charge on any atom is 0.325 e. The number of aryl methyl sites for hydroxylation is 1. The minimum absolute atomic E-state index is 0.186. The summed E-state index contributed by atoms with van der Waals surface area (Å²) in [4.78, 5) is 41.4. The van der Waals surface area contributed by atoms with Gasteiger partial charge in [0.15, 0.2) is 11.5 Å². The van der Waals surface area contributed by atoms with E-state index in [1.807, 2.05) is 6.92 Å². The topological polar surface area (TPSA) is 116 Å². The predicted molar refractivity (Wildman–Crippen MR) is 126 cm³/mol. The molecule has 0 spiro atoms. The molecule has 0 radical (unpaired) electrons. The van der Waals surface area contributed by atoms with Crippen LogP contribution in [0.4, 0.5) is 5.69 Å². The van der Waals surface area contributed by atoms with Crippen molar-refractivity contribution in [2.45, 2.75) is 38.8 Å². The second kappa shape index (κ2) is 8.60. The van der Waals surface area contributed by atoms with E-state index in [2.05, 4.69) is 5.32 Å². The molecule has 180 valence electrons. The average Bonchev–Trinajstić information content (AvgIpc) is 3.30. The number of fused-ring (bicyclic) bond motifs is 1. The number of benzene rings is 2. The van der Waals surface area contributed by atoms with Gasteiger partial charge in [0.05, 0.1) is 24.6 Å². The number of anilines is 1. The van der Waals surface area contributed by atoms with Gasteiger partial charge in [0.1, 0.15) is 5.54 Å². The largest absolute Gasteiger partial charge is 0.504 e. The number of phenolic OH excluding ortho intramolecular Hbond substituents is 1. The first-order valence-corrected chi connectivity index (χ1v) is 11.5. The predicted octanol–water partition coefficient (Wildman–Crippen LogP) is 3.68. The van der Waals surface area contributed by atoms with Crippen LogP contribution in [0.5, 0.6) is 11.5 Å². The number of aliphatic carboxylic acids is 1. The minimum Gasteiger partial charge on any atom is -0.504 e. The molecule has 2 aliphatic heterocycles. The Morgan fingerprint density at radius 3 is 2.56 bits per heavy atom. The summed E-state index contributed by atoms with van der Waals surface area (Å²) >= 11 is 6.26. The maximum absolute atomic E-state index is 13.8. The van der Waals surface area contributed by atoms with Crippen molar-refractivity contribution in [1.29, 1.82) is 0 Å². The average molecular weight is 487 g/mol. The van der Waals surface area contributed by atoms with Gasteiger partial charge in [0.25, 0.3) is 0 Å². The lowest BCUT2D eigenvalue weighted by Crippen LogP contribution is -2.59. The zero-order valence-corrected chi connectivity index (χ0v) is 20.1. The third-order valence-electron chi connectivity index (χ3n) is 7.34. The van der Waals surface area contributed by atoms with E-state index in [0.29, 0.717) is 17.0 Å². The lowest BCUT2D eigenvalue weighted by Gasteiger charge is -2.36. The van der Waals surface area contributed by atoms with E-state index in [9.17, 15) is 24.6 Å². The third kappa shape index (κ3) is 3.27. The summed E-state index contributed by atoms with van der Waals surface area (Å²) in [5.74, 6) is -5.09. The van der Waals surface area contributed by atoms with Crippen LogP contribution in [0.1, 0.15) is 37.4 Å². The number of nitrogens with zero attached hydrogens (tertiary/aromatic N) is 1. The van der Waals surface area contributed by atoms with Crippen LogP contribution in [0.3, 0.4) is 0 Å². The maximum atomic E-state index is 13.8. The molecule has 2 amide bonds. The number of hydrogen-bond donors (Lipinski definition) is 3. The number of carboxylic acids is 1. The Balaban J connectivity index is 1.92. The molecule has 34 heavy (non-hydrogen) atoms. The Kier molecular flexibility index (Phi) is 6.08. The fourth-order valence-corrected chi connectivity index (χ4v) is 5.50. The lowest BCUT2D eigenvalue weighted by atomic mass is 9.72. The van der Waals surface area contributed by atoms with Gasteiger partial charge in [-0.05, 0) is 36.6 Å². The summed E-state index contributed by atoms with van der Waals surface area (Å²) in [5, 5.41) is 24.8. The number of carbonyl (C=O) groups is 3. The number of carboxylic acid groups (broad SMARTS) is 1. The van der Waals surface area contributed by atoms with E-state index in [1.54, 1.807) is 44.2 Å². The molecule has 3 N–H and O–H groups in total. The van der Waals surface area contributed by atoms with Crippen molar-refractivity contribution in [2.75, 3.05) is 12.0 Å². The molecular formula is C25H27ClN2O6. The number of phenols is 1. The Hall–Kier alpha value is -3.10. The standard InChI is InChI=1S/C25H27ClN2O6/c1-5-13(3)25(24(32)33)19-18(20(27-25)15-7-6-8-17(34-4)21(15)29)22(30)28(23(19)31)14-10-9-12(2)16(26)11-14/h6-11,13,18-20,27,29H,5H2,1-4H3,(H,32,33). The van der Waals surface area contributed by atoms with Gasteiger partial charge in [-0.3, -0.25) is 19.7 Å². The summed E-state index contributed by atoms with van der Waals surface area (Å²) in [7, 11) is 1.40. The Morgan fingerprint density at radius 2 is 1.97 bits per heavy atom. The second-order valence-corrected chi connectivity index (χ2v) is 9.36. The van der Waals surface area contributed by atoms with E-state index < -0.39 is 47.1 Å². The summed E-state index contributed by atoms with van der Waals surface area (Å²) in [6, 6.07) is 8.74. The zero-order chi connectivity index (χ0) is 24.9. The van der Waals surface area contributed by atoms with E-state index in [1.165, 1.54) is 13.2 Å². The Bertz CT molecular complexity index is 1180. The number of para-hydroxylation sites is 1. The summed E-state index contributed by atoms with van der Waals surface area (Å²) in [6.07, 6.45) is 0.456. The Morgan fingerprint density at radius 1 is 1.26 bits per heavy atom. The fraction of sp³-hybridized carbons (Fsp3) is 0.400. The first kappa shape index (κ1) is 24.0. The number of carbonyl (C=O) groups excluding carboxylic acids is 2. The van der Waals surface area contributed by atoms with Crippen molar-refractivity contribution in [3.63, 3.8) is 0 Å². The van der Waals surface area contributed by atoms with Crippen LogP contribution in [0.15, 0.2) is 36.4 Å². The lowest BCUT2D eigenvalue weighted by molar-refractivity contribution is -0.151. The molecule has 4 rings (SSSR count). The molecule has 2 aromatic carbocycles. The van der Waals surface area contributed by atoms with Gasteiger partial charge >= 0.3 is 5.97 Å². The summed E-state index contributed by atoms with van der Waals surface area (Å²) < 4.78 is 5.22. The van der Waals surface area contributed by atoms with Gasteiger partial charge in [-0.25, -0.2) is 4.90 Å². The number of ether oxygens (including phenoxy) is 1.